The van der Waals surface area contributed by atoms with E-state index in [0.717, 1.165) is 5.56 Å². The molecule has 0 aliphatic rings. The first-order valence-corrected chi connectivity index (χ1v) is 6.48. The average Bonchev–Trinajstić information content (AvgIpc) is 2.17. The van der Waals surface area contributed by atoms with Crippen molar-refractivity contribution in [1.29, 1.82) is 0 Å². The van der Waals surface area contributed by atoms with Crippen LogP contribution in [0.5, 0.6) is 0 Å². The van der Waals surface area contributed by atoms with Gasteiger partial charge >= 0.3 is 0 Å². The van der Waals surface area contributed by atoms with Gasteiger partial charge in [-0.15, -0.1) is 0 Å². The zero-order valence-electron chi connectivity index (χ0n) is 10.1. The molecule has 4 heteroatoms. The van der Waals surface area contributed by atoms with Gasteiger partial charge in [-0.05, 0) is 40.6 Å². The fourth-order valence-corrected chi connectivity index (χ4v) is 2.27. The van der Waals surface area contributed by atoms with Crippen LogP contribution in [0.2, 0.25) is 10.0 Å². The van der Waals surface area contributed by atoms with Gasteiger partial charge in [0, 0.05) is 6.42 Å². The number of halogens is 3. The van der Waals surface area contributed by atoms with Crippen LogP contribution in [-0.2, 0) is 4.79 Å². The van der Waals surface area contributed by atoms with E-state index < -0.39 is 0 Å². The standard InChI is InChI=1S/C13H15Cl3O/c1-13(2,3)9(7-12(16)17)8-4-5-10(14)11(15)6-8/h4-6,9H,7H2,1-3H3. The molecule has 1 rings (SSSR count). The van der Waals surface area contributed by atoms with Gasteiger partial charge in [-0.25, -0.2) is 0 Å². The van der Waals surface area contributed by atoms with Crippen molar-refractivity contribution in [2.24, 2.45) is 5.41 Å². The Hall–Kier alpha value is -0.240. The van der Waals surface area contributed by atoms with Gasteiger partial charge in [0.2, 0.25) is 5.24 Å². The third kappa shape index (κ3) is 4.17. The van der Waals surface area contributed by atoms with E-state index in [2.05, 4.69) is 20.8 Å². The van der Waals surface area contributed by atoms with E-state index in [1.54, 1.807) is 12.1 Å². The molecule has 0 aliphatic carbocycles. The first-order chi connectivity index (χ1) is 7.71. The summed E-state index contributed by atoms with van der Waals surface area (Å²) in [6.07, 6.45) is 0.295. The molecule has 1 unspecified atom stereocenters. The molecule has 1 atom stereocenters. The van der Waals surface area contributed by atoms with Gasteiger partial charge < -0.3 is 0 Å². The molecule has 0 amide bonds. The topological polar surface area (TPSA) is 17.1 Å². The van der Waals surface area contributed by atoms with Crippen molar-refractivity contribution in [2.45, 2.75) is 33.1 Å². The number of carbonyl (C=O) groups excluding carboxylic acids is 1. The smallest absolute Gasteiger partial charge is 0.222 e. The molecule has 0 bridgehead atoms. The molecule has 0 fully saturated rings. The van der Waals surface area contributed by atoms with Crippen LogP contribution < -0.4 is 0 Å². The first-order valence-electron chi connectivity index (χ1n) is 5.35. The molecule has 1 aromatic rings. The number of carbonyl (C=O) groups is 1. The van der Waals surface area contributed by atoms with E-state index in [4.69, 9.17) is 34.8 Å². The first kappa shape index (κ1) is 14.8. The number of rotatable bonds is 3. The van der Waals surface area contributed by atoms with E-state index in [0.29, 0.717) is 16.5 Å². The van der Waals surface area contributed by atoms with Crippen molar-refractivity contribution >= 4 is 40.0 Å². The van der Waals surface area contributed by atoms with Crippen LogP contribution in [-0.4, -0.2) is 5.24 Å². The van der Waals surface area contributed by atoms with Gasteiger partial charge in [0.05, 0.1) is 10.0 Å². The van der Waals surface area contributed by atoms with E-state index in [9.17, 15) is 4.79 Å². The van der Waals surface area contributed by atoms with Crippen LogP contribution in [0.4, 0.5) is 0 Å². The summed E-state index contributed by atoms with van der Waals surface area (Å²) in [7, 11) is 0. The minimum absolute atomic E-state index is 0.0299. The van der Waals surface area contributed by atoms with Crippen LogP contribution in [0.1, 0.15) is 38.7 Å². The number of hydrogen-bond acceptors (Lipinski definition) is 1. The number of hydrogen-bond donors (Lipinski definition) is 0. The zero-order valence-corrected chi connectivity index (χ0v) is 12.3. The molecule has 0 heterocycles. The fourth-order valence-electron chi connectivity index (χ4n) is 1.81. The molecular weight excluding hydrogens is 279 g/mol. The summed E-state index contributed by atoms with van der Waals surface area (Å²) in [6, 6.07) is 5.44. The molecule has 0 aromatic heterocycles. The summed E-state index contributed by atoms with van der Waals surface area (Å²) in [4.78, 5) is 11.1. The Labute approximate surface area is 117 Å². The molecule has 0 aliphatic heterocycles. The third-order valence-electron chi connectivity index (χ3n) is 2.76. The molecule has 0 radical (unpaired) electrons. The van der Waals surface area contributed by atoms with E-state index in [1.165, 1.54) is 0 Å². The van der Waals surface area contributed by atoms with Crippen molar-refractivity contribution in [3.05, 3.63) is 33.8 Å². The minimum Gasteiger partial charge on any atom is -0.281 e. The summed E-state index contributed by atoms with van der Waals surface area (Å²) in [5, 5.41) is 0.678. The number of benzene rings is 1. The lowest BCUT2D eigenvalue weighted by atomic mass is 9.75. The molecule has 1 nitrogen and oxygen atoms in total. The second kappa shape index (κ2) is 5.60. The Morgan fingerprint density at radius 1 is 1.24 bits per heavy atom. The zero-order chi connectivity index (χ0) is 13.2. The summed E-state index contributed by atoms with van der Waals surface area (Å²) in [5.41, 5.74) is 0.919. The lowest BCUT2D eigenvalue weighted by molar-refractivity contribution is -0.112. The van der Waals surface area contributed by atoms with E-state index >= 15 is 0 Å². The summed E-state index contributed by atoms with van der Waals surface area (Å²) >= 11 is 17.4. The van der Waals surface area contributed by atoms with Gasteiger partial charge in [0.25, 0.3) is 0 Å². The SMILES string of the molecule is CC(C)(C)C(CC(=O)Cl)c1ccc(Cl)c(Cl)c1. The van der Waals surface area contributed by atoms with Crippen molar-refractivity contribution in [2.75, 3.05) is 0 Å². The molecule has 17 heavy (non-hydrogen) atoms. The molecular formula is C13H15Cl3O. The van der Waals surface area contributed by atoms with Gasteiger partial charge in [-0.2, -0.15) is 0 Å². The van der Waals surface area contributed by atoms with Crippen molar-refractivity contribution in [1.82, 2.24) is 0 Å². The fraction of sp³-hybridized carbons (Fsp3) is 0.462. The van der Waals surface area contributed by atoms with Crippen LogP contribution in [0.3, 0.4) is 0 Å². The molecule has 0 spiro atoms. The highest BCUT2D eigenvalue weighted by Gasteiger charge is 2.28. The Balaban J connectivity index is 3.13. The molecule has 0 saturated heterocycles. The van der Waals surface area contributed by atoms with Crippen LogP contribution in [0.25, 0.3) is 0 Å². The molecule has 0 N–H and O–H groups in total. The lowest BCUT2D eigenvalue weighted by Gasteiger charge is -2.30. The summed E-state index contributed by atoms with van der Waals surface area (Å²) < 4.78 is 0. The highest BCUT2D eigenvalue weighted by molar-refractivity contribution is 6.63. The lowest BCUT2D eigenvalue weighted by Crippen LogP contribution is -2.20. The average molecular weight is 294 g/mol. The van der Waals surface area contributed by atoms with Crippen LogP contribution in [0.15, 0.2) is 18.2 Å². The summed E-state index contributed by atoms with van der Waals surface area (Å²) in [6.45, 7) is 6.21. The molecule has 94 valence electrons. The maximum Gasteiger partial charge on any atom is 0.222 e. The van der Waals surface area contributed by atoms with Gasteiger partial charge in [0.15, 0.2) is 0 Å². The molecule has 1 aromatic carbocycles. The van der Waals surface area contributed by atoms with Gasteiger partial charge in [-0.1, -0.05) is 50.0 Å². The highest BCUT2D eigenvalue weighted by Crippen LogP contribution is 2.39. The molecule has 0 saturated carbocycles. The quantitative estimate of drug-likeness (QED) is 0.693. The highest BCUT2D eigenvalue weighted by atomic mass is 35.5. The second-order valence-corrected chi connectivity index (χ2v) is 6.39. The van der Waals surface area contributed by atoms with Crippen molar-refractivity contribution < 1.29 is 4.79 Å². The maximum absolute atomic E-state index is 11.1. The Morgan fingerprint density at radius 2 is 1.82 bits per heavy atom. The largest absolute Gasteiger partial charge is 0.281 e. The monoisotopic (exact) mass is 292 g/mol. The third-order valence-corrected chi connectivity index (χ3v) is 3.65. The minimum atomic E-state index is -0.337. The van der Waals surface area contributed by atoms with Crippen molar-refractivity contribution in [3.63, 3.8) is 0 Å². The Bertz CT molecular complexity index is 421. The van der Waals surface area contributed by atoms with Crippen LogP contribution >= 0.6 is 34.8 Å². The summed E-state index contributed by atoms with van der Waals surface area (Å²) in [5.74, 6) is 0.0299. The van der Waals surface area contributed by atoms with Crippen LogP contribution in [0, 0.1) is 5.41 Å². The Morgan fingerprint density at radius 3 is 2.24 bits per heavy atom. The van der Waals surface area contributed by atoms with E-state index in [-0.39, 0.29) is 16.6 Å². The van der Waals surface area contributed by atoms with Gasteiger partial charge in [0.1, 0.15) is 0 Å². The van der Waals surface area contributed by atoms with E-state index in [1.807, 2.05) is 6.07 Å². The Kier molecular flexibility index (Phi) is 4.88. The normalized spacial score (nSPS) is 13.5. The second-order valence-electron chi connectivity index (χ2n) is 5.15. The van der Waals surface area contributed by atoms with Gasteiger partial charge in [-0.3, -0.25) is 4.79 Å². The van der Waals surface area contributed by atoms with Crippen molar-refractivity contribution in [3.8, 4) is 0 Å². The predicted molar refractivity (Wildman–Crippen MR) is 74.1 cm³/mol. The maximum atomic E-state index is 11.1. The predicted octanol–water partition coefficient (Wildman–Crippen LogP) is 5.28.